The fourth-order valence-electron chi connectivity index (χ4n) is 2.35. The molecule has 0 aromatic heterocycles. The maximum absolute atomic E-state index is 13.5. The van der Waals surface area contributed by atoms with Crippen LogP contribution in [0.1, 0.15) is 31.4 Å². The van der Waals surface area contributed by atoms with Crippen LogP contribution in [0.3, 0.4) is 0 Å². The Kier molecular flexibility index (Phi) is 7.32. The summed E-state index contributed by atoms with van der Waals surface area (Å²) in [5.41, 5.74) is 1.36. The highest BCUT2D eigenvalue weighted by atomic mass is 19.1. The summed E-state index contributed by atoms with van der Waals surface area (Å²) >= 11 is 0. The SMILES string of the molecule is Cc1ccc(CNC(=O)NC(CC(C)C)CN(C)C)cc1F. The molecule has 0 saturated carbocycles. The summed E-state index contributed by atoms with van der Waals surface area (Å²) in [6.45, 7) is 7.11. The van der Waals surface area contributed by atoms with Crippen LogP contribution in [0.15, 0.2) is 18.2 Å². The average Bonchev–Trinajstić information content (AvgIpc) is 2.38. The number of aryl methyl sites for hydroxylation is 1. The fraction of sp³-hybridized carbons (Fsp3) is 0.588. The van der Waals surface area contributed by atoms with Crippen molar-refractivity contribution in [1.29, 1.82) is 0 Å². The molecule has 22 heavy (non-hydrogen) atoms. The van der Waals surface area contributed by atoms with E-state index >= 15 is 0 Å². The molecule has 2 amide bonds. The largest absolute Gasteiger partial charge is 0.334 e. The standard InChI is InChI=1S/C17H28FN3O/c1-12(2)8-15(11-21(4)5)20-17(22)19-10-14-7-6-13(3)16(18)9-14/h6-7,9,12,15H,8,10-11H2,1-5H3,(H2,19,20,22). The van der Waals surface area contributed by atoms with E-state index in [1.807, 2.05) is 20.2 Å². The van der Waals surface area contributed by atoms with Crippen molar-refractivity contribution in [3.63, 3.8) is 0 Å². The Morgan fingerprint density at radius 3 is 2.55 bits per heavy atom. The number of nitrogens with zero attached hydrogens (tertiary/aromatic N) is 1. The summed E-state index contributed by atoms with van der Waals surface area (Å²) in [5, 5.41) is 5.78. The third kappa shape index (κ3) is 6.89. The van der Waals surface area contributed by atoms with Gasteiger partial charge in [0.05, 0.1) is 0 Å². The molecule has 1 rings (SSSR count). The molecule has 0 aliphatic heterocycles. The molecule has 1 aromatic carbocycles. The Balaban J connectivity index is 2.50. The van der Waals surface area contributed by atoms with Crippen LogP contribution in [0.5, 0.6) is 0 Å². The fourth-order valence-corrected chi connectivity index (χ4v) is 2.35. The Hall–Kier alpha value is -1.62. The van der Waals surface area contributed by atoms with Crippen LogP contribution in [0.2, 0.25) is 0 Å². The molecular weight excluding hydrogens is 281 g/mol. The number of nitrogens with one attached hydrogen (secondary N) is 2. The number of amides is 2. The lowest BCUT2D eigenvalue weighted by Crippen LogP contribution is -2.46. The Labute approximate surface area is 133 Å². The van der Waals surface area contributed by atoms with Gasteiger partial charge in [-0.1, -0.05) is 26.0 Å². The van der Waals surface area contributed by atoms with Crippen molar-refractivity contribution in [3.05, 3.63) is 35.1 Å². The second-order valence-corrected chi connectivity index (χ2v) is 6.50. The number of hydrogen-bond donors (Lipinski definition) is 2. The third-order valence-corrected chi connectivity index (χ3v) is 3.37. The summed E-state index contributed by atoms with van der Waals surface area (Å²) < 4.78 is 13.5. The highest BCUT2D eigenvalue weighted by molar-refractivity contribution is 5.74. The number of likely N-dealkylation sites (N-methyl/N-ethyl adjacent to an activating group) is 1. The van der Waals surface area contributed by atoms with E-state index in [-0.39, 0.29) is 17.9 Å². The van der Waals surface area contributed by atoms with E-state index in [1.165, 1.54) is 6.07 Å². The van der Waals surface area contributed by atoms with E-state index in [0.717, 1.165) is 18.5 Å². The number of carbonyl (C=O) groups is 1. The van der Waals surface area contributed by atoms with Gasteiger partial charge in [-0.2, -0.15) is 0 Å². The first kappa shape index (κ1) is 18.4. The lowest BCUT2D eigenvalue weighted by atomic mass is 10.0. The van der Waals surface area contributed by atoms with Crippen molar-refractivity contribution in [1.82, 2.24) is 15.5 Å². The molecule has 5 heteroatoms. The Morgan fingerprint density at radius 1 is 1.32 bits per heavy atom. The minimum atomic E-state index is -0.245. The number of rotatable bonds is 7. The van der Waals surface area contributed by atoms with Crippen LogP contribution in [0, 0.1) is 18.7 Å². The highest BCUT2D eigenvalue weighted by Gasteiger charge is 2.14. The Bertz CT molecular complexity index is 479. The molecule has 0 fully saturated rings. The molecule has 1 unspecified atom stereocenters. The van der Waals surface area contributed by atoms with Gasteiger partial charge in [-0.05, 0) is 50.6 Å². The van der Waals surface area contributed by atoms with Gasteiger partial charge in [0.2, 0.25) is 0 Å². The number of carbonyl (C=O) groups excluding carboxylic acids is 1. The molecule has 0 bridgehead atoms. The van der Waals surface area contributed by atoms with Crippen LogP contribution in [0.25, 0.3) is 0 Å². The van der Waals surface area contributed by atoms with Crippen LogP contribution in [-0.2, 0) is 6.54 Å². The van der Waals surface area contributed by atoms with Crippen molar-refractivity contribution in [2.24, 2.45) is 5.92 Å². The van der Waals surface area contributed by atoms with Crippen LogP contribution in [-0.4, -0.2) is 37.6 Å². The van der Waals surface area contributed by atoms with Crippen LogP contribution < -0.4 is 10.6 Å². The molecule has 0 aliphatic rings. The molecule has 2 N–H and O–H groups in total. The van der Waals surface area contributed by atoms with E-state index in [9.17, 15) is 9.18 Å². The topological polar surface area (TPSA) is 44.4 Å². The predicted octanol–water partition coefficient (Wildman–Crippen LogP) is 2.91. The summed E-state index contributed by atoms with van der Waals surface area (Å²) in [6, 6.07) is 4.89. The lowest BCUT2D eigenvalue weighted by Gasteiger charge is -2.24. The van der Waals surface area contributed by atoms with Crippen LogP contribution >= 0.6 is 0 Å². The van der Waals surface area contributed by atoms with E-state index < -0.39 is 0 Å². The van der Waals surface area contributed by atoms with Crippen LogP contribution in [0.4, 0.5) is 9.18 Å². The smallest absolute Gasteiger partial charge is 0.315 e. The van der Waals surface area contributed by atoms with Gasteiger partial charge in [-0.3, -0.25) is 0 Å². The second kappa shape index (κ2) is 8.73. The molecular formula is C17H28FN3O. The lowest BCUT2D eigenvalue weighted by molar-refractivity contribution is 0.228. The van der Waals surface area contributed by atoms with Crippen molar-refractivity contribution >= 4 is 6.03 Å². The van der Waals surface area contributed by atoms with Crippen molar-refractivity contribution in [2.45, 2.75) is 39.8 Å². The molecule has 0 heterocycles. The summed E-state index contributed by atoms with van der Waals surface area (Å²) in [7, 11) is 3.98. The van der Waals surface area contributed by atoms with E-state index in [0.29, 0.717) is 18.0 Å². The molecule has 124 valence electrons. The van der Waals surface area contributed by atoms with Gasteiger partial charge in [-0.25, -0.2) is 9.18 Å². The maximum atomic E-state index is 13.5. The van der Waals surface area contributed by atoms with Crippen molar-refractivity contribution in [3.8, 4) is 0 Å². The quantitative estimate of drug-likeness (QED) is 0.813. The van der Waals surface area contributed by atoms with Crippen molar-refractivity contribution in [2.75, 3.05) is 20.6 Å². The zero-order valence-electron chi connectivity index (χ0n) is 14.2. The number of benzene rings is 1. The molecule has 0 spiro atoms. The van der Waals surface area contributed by atoms with Gasteiger partial charge in [0, 0.05) is 19.1 Å². The molecule has 1 atom stereocenters. The normalized spacial score (nSPS) is 12.5. The average molecular weight is 309 g/mol. The van der Waals surface area contributed by atoms with E-state index in [4.69, 9.17) is 0 Å². The van der Waals surface area contributed by atoms with Gasteiger partial charge in [0.15, 0.2) is 0 Å². The zero-order chi connectivity index (χ0) is 16.7. The molecule has 0 saturated heterocycles. The van der Waals surface area contributed by atoms with E-state index in [2.05, 4.69) is 29.4 Å². The third-order valence-electron chi connectivity index (χ3n) is 3.37. The van der Waals surface area contributed by atoms with Crippen molar-refractivity contribution < 1.29 is 9.18 Å². The monoisotopic (exact) mass is 309 g/mol. The number of halogens is 1. The summed E-state index contributed by atoms with van der Waals surface area (Å²) in [6.07, 6.45) is 0.921. The highest BCUT2D eigenvalue weighted by Crippen LogP contribution is 2.09. The molecule has 0 aliphatic carbocycles. The minimum absolute atomic E-state index is 0.102. The number of urea groups is 1. The van der Waals surface area contributed by atoms with Gasteiger partial charge >= 0.3 is 6.03 Å². The van der Waals surface area contributed by atoms with Gasteiger partial charge in [0.1, 0.15) is 5.82 Å². The second-order valence-electron chi connectivity index (χ2n) is 6.50. The molecule has 1 aromatic rings. The summed E-state index contributed by atoms with van der Waals surface area (Å²) in [5.74, 6) is 0.265. The summed E-state index contributed by atoms with van der Waals surface area (Å²) in [4.78, 5) is 14.1. The first-order chi connectivity index (χ1) is 10.3. The first-order valence-corrected chi connectivity index (χ1v) is 7.72. The first-order valence-electron chi connectivity index (χ1n) is 7.72. The number of hydrogen-bond acceptors (Lipinski definition) is 2. The zero-order valence-corrected chi connectivity index (χ0v) is 14.2. The van der Waals surface area contributed by atoms with E-state index in [1.54, 1.807) is 13.0 Å². The minimum Gasteiger partial charge on any atom is -0.334 e. The van der Waals surface area contributed by atoms with Gasteiger partial charge in [0.25, 0.3) is 0 Å². The predicted molar refractivity (Wildman–Crippen MR) is 88.3 cm³/mol. The Morgan fingerprint density at radius 2 is 2.00 bits per heavy atom. The van der Waals surface area contributed by atoms with Gasteiger partial charge in [-0.15, -0.1) is 0 Å². The molecule has 4 nitrogen and oxygen atoms in total. The van der Waals surface area contributed by atoms with Gasteiger partial charge < -0.3 is 15.5 Å². The molecule has 0 radical (unpaired) electrons. The maximum Gasteiger partial charge on any atom is 0.315 e.